The fourth-order valence-electron chi connectivity index (χ4n) is 1.97. The van der Waals surface area contributed by atoms with E-state index in [4.69, 9.17) is 15.2 Å². The van der Waals surface area contributed by atoms with E-state index in [2.05, 4.69) is 5.32 Å². The Morgan fingerprint density at radius 2 is 1.90 bits per heavy atom. The summed E-state index contributed by atoms with van der Waals surface area (Å²) in [4.78, 5) is 11.9. The summed E-state index contributed by atoms with van der Waals surface area (Å²) in [6.07, 6.45) is 2.31. The first-order valence-electron chi connectivity index (χ1n) is 7.33. The largest absolute Gasteiger partial charge is 0.497 e. The lowest BCUT2D eigenvalue weighted by Crippen LogP contribution is -2.51. The van der Waals surface area contributed by atoms with Gasteiger partial charge >= 0.3 is 0 Å². The Balaban J connectivity index is 2.20. The molecule has 1 aromatic rings. The van der Waals surface area contributed by atoms with Crippen LogP contribution in [0.25, 0.3) is 0 Å². The molecule has 0 aliphatic carbocycles. The van der Waals surface area contributed by atoms with Crippen molar-refractivity contribution in [3.8, 4) is 11.5 Å². The minimum absolute atomic E-state index is 0.103. The van der Waals surface area contributed by atoms with E-state index in [1.165, 1.54) is 0 Å². The van der Waals surface area contributed by atoms with E-state index in [0.29, 0.717) is 19.6 Å². The predicted octanol–water partition coefficient (Wildman–Crippen LogP) is 2.10. The van der Waals surface area contributed by atoms with Gasteiger partial charge in [-0.15, -0.1) is 0 Å². The third kappa shape index (κ3) is 6.04. The molecule has 0 aliphatic heterocycles. The fraction of sp³-hybridized carbons (Fsp3) is 0.562. The highest BCUT2D eigenvalue weighted by atomic mass is 16.5. The Hall–Kier alpha value is -1.75. The molecule has 0 aromatic heterocycles. The van der Waals surface area contributed by atoms with E-state index < -0.39 is 5.54 Å². The van der Waals surface area contributed by atoms with Crippen LogP contribution in [0, 0.1) is 0 Å². The van der Waals surface area contributed by atoms with E-state index in [9.17, 15) is 4.79 Å². The first-order valence-corrected chi connectivity index (χ1v) is 7.33. The molecule has 1 atom stereocenters. The number of nitrogens with two attached hydrogens (primary N) is 1. The number of carbonyl (C=O) groups excluding carboxylic acids is 1. The van der Waals surface area contributed by atoms with Crippen molar-refractivity contribution in [2.75, 3.05) is 20.3 Å². The van der Waals surface area contributed by atoms with Crippen LogP contribution < -0.4 is 20.5 Å². The van der Waals surface area contributed by atoms with Crippen molar-refractivity contribution >= 4 is 5.91 Å². The third-order valence-corrected chi connectivity index (χ3v) is 3.22. The lowest BCUT2D eigenvalue weighted by atomic mass is 9.96. The molecule has 0 spiro atoms. The molecule has 118 valence electrons. The van der Waals surface area contributed by atoms with E-state index in [1.807, 2.05) is 31.2 Å². The van der Waals surface area contributed by atoms with Crippen LogP contribution in [-0.2, 0) is 4.79 Å². The van der Waals surface area contributed by atoms with Crippen molar-refractivity contribution in [1.82, 2.24) is 5.32 Å². The quantitative estimate of drug-likeness (QED) is 0.684. The Kier molecular flexibility index (Phi) is 7.02. The molecular weight excluding hydrogens is 268 g/mol. The average molecular weight is 294 g/mol. The van der Waals surface area contributed by atoms with Crippen LogP contribution in [0.3, 0.4) is 0 Å². The van der Waals surface area contributed by atoms with Gasteiger partial charge in [0.25, 0.3) is 0 Å². The Bertz CT molecular complexity index is 430. The van der Waals surface area contributed by atoms with Crippen molar-refractivity contribution in [2.45, 2.75) is 38.6 Å². The highest BCUT2D eigenvalue weighted by molar-refractivity contribution is 5.85. The molecule has 1 aromatic carbocycles. The number of ether oxygens (including phenoxy) is 2. The highest BCUT2D eigenvalue weighted by Gasteiger charge is 2.26. The molecule has 21 heavy (non-hydrogen) atoms. The Morgan fingerprint density at radius 3 is 2.48 bits per heavy atom. The zero-order chi connectivity index (χ0) is 15.7. The van der Waals surface area contributed by atoms with Gasteiger partial charge in [0.1, 0.15) is 11.5 Å². The van der Waals surface area contributed by atoms with Gasteiger partial charge in [0, 0.05) is 6.54 Å². The molecule has 0 fully saturated rings. The van der Waals surface area contributed by atoms with Crippen molar-refractivity contribution in [1.29, 1.82) is 0 Å². The van der Waals surface area contributed by atoms with Crippen molar-refractivity contribution in [3.05, 3.63) is 24.3 Å². The molecule has 1 amide bonds. The lowest BCUT2D eigenvalue weighted by Gasteiger charge is -2.22. The van der Waals surface area contributed by atoms with Gasteiger partial charge in [0.2, 0.25) is 5.91 Å². The van der Waals surface area contributed by atoms with Crippen LogP contribution >= 0.6 is 0 Å². The van der Waals surface area contributed by atoms with Gasteiger partial charge in [-0.3, -0.25) is 4.79 Å². The molecule has 0 saturated carbocycles. The first kappa shape index (κ1) is 17.3. The topological polar surface area (TPSA) is 73.6 Å². The van der Waals surface area contributed by atoms with Gasteiger partial charge in [-0.25, -0.2) is 0 Å². The zero-order valence-corrected chi connectivity index (χ0v) is 13.1. The molecule has 3 N–H and O–H groups in total. The molecule has 0 heterocycles. The molecule has 0 saturated heterocycles. The standard InChI is InChI=1S/C16H26N2O3/c1-4-10-16(2,17)15(19)18-11-5-12-21-14-8-6-13(20-3)7-9-14/h6-9H,4-5,10-12,17H2,1-3H3,(H,18,19). The molecule has 0 radical (unpaired) electrons. The molecule has 5 heteroatoms. The van der Waals surface area contributed by atoms with Gasteiger partial charge in [-0.1, -0.05) is 13.3 Å². The summed E-state index contributed by atoms with van der Waals surface area (Å²) in [6, 6.07) is 7.41. The van der Waals surface area contributed by atoms with Crippen LogP contribution in [-0.4, -0.2) is 31.7 Å². The summed E-state index contributed by atoms with van der Waals surface area (Å²) in [5.41, 5.74) is 5.16. The molecule has 1 unspecified atom stereocenters. The summed E-state index contributed by atoms with van der Waals surface area (Å²) in [6.45, 7) is 4.88. The summed E-state index contributed by atoms with van der Waals surface area (Å²) in [7, 11) is 1.63. The van der Waals surface area contributed by atoms with E-state index in [-0.39, 0.29) is 5.91 Å². The van der Waals surface area contributed by atoms with E-state index >= 15 is 0 Å². The Morgan fingerprint density at radius 1 is 1.29 bits per heavy atom. The van der Waals surface area contributed by atoms with Gasteiger partial charge in [-0.05, 0) is 44.0 Å². The van der Waals surface area contributed by atoms with Crippen LogP contribution in [0.1, 0.15) is 33.1 Å². The third-order valence-electron chi connectivity index (χ3n) is 3.22. The van der Waals surface area contributed by atoms with Crippen LogP contribution in [0.2, 0.25) is 0 Å². The zero-order valence-electron chi connectivity index (χ0n) is 13.1. The van der Waals surface area contributed by atoms with Gasteiger partial charge in [0.15, 0.2) is 0 Å². The summed E-state index contributed by atoms with van der Waals surface area (Å²) < 4.78 is 10.7. The molecule has 0 aliphatic rings. The number of hydrogen-bond donors (Lipinski definition) is 2. The molecule has 0 bridgehead atoms. The molecule has 1 rings (SSSR count). The maximum Gasteiger partial charge on any atom is 0.239 e. The Labute approximate surface area is 126 Å². The number of carbonyl (C=O) groups is 1. The molecular formula is C16H26N2O3. The highest BCUT2D eigenvalue weighted by Crippen LogP contribution is 2.17. The molecule has 5 nitrogen and oxygen atoms in total. The van der Waals surface area contributed by atoms with E-state index in [0.717, 1.165) is 24.3 Å². The average Bonchev–Trinajstić information content (AvgIpc) is 2.47. The smallest absolute Gasteiger partial charge is 0.239 e. The SMILES string of the molecule is CCCC(C)(N)C(=O)NCCCOc1ccc(OC)cc1. The van der Waals surface area contributed by atoms with Crippen LogP contribution in [0.4, 0.5) is 0 Å². The summed E-state index contributed by atoms with van der Waals surface area (Å²) >= 11 is 0. The second-order valence-electron chi connectivity index (χ2n) is 5.30. The number of rotatable bonds is 9. The minimum Gasteiger partial charge on any atom is -0.497 e. The van der Waals surface area contributed by atoms with Crippen LogP contribution in [0.5, 0.6) is 11.5 Å². The minimum atomic E-state index is -0.786. The van der Waals surface area contributed by atoms with Gasteiger partial charge < -0.3 is 20.5 Å². The van der Waals surface area contributed by atoms with E-state index in [1.54, 1.807) is 14.0 Å². The number of nitrogens with one attached hydrogen (secondary N) is 1. The normalized spacial score (nSPS) is 13.3. The number of benzene rings is 1. The summed E-state index contributed by atoms with van der Waals surface area (Å²) in [5, 5.41) is 2.85. The van der Waals surface area contributed by atoms with Crippen molar-refractivity contribution in [3.63, 3.8) is 0 Å². The van der Waals surface area contributed by atoms with Crippen molar-refractivity contribution < 1.29 is 14.3 Å². The maximum absolute atomic E-state index is 11.9. The second kappa shape index (κ2) is 8.52. The predicted molar refractivity (Wildman–Crippen MR) is 83.6 cm³/mol. The lowest BCUT2D eigenvalue weighted by molar-refractivity contribution is -0.126. The monoisotopic (exact) mass is 294 g/mol. The number of hydrogen-bond acceptors (Lipinski definition) is 4. The summed E-state index contributed by atoms with van der Waals surface area (Å²) in [5.74, 6) is 1.48. The van der Waals surface area contributed by atoms with Crippen LogP contribution in [0.15, 0.2) is 24.3 Å². The fourth-order valence-corrected chi connectivity index (χ4v) is 1.97. The van der Waals surface area contributed by atoms with Crippen molar-refractivity contribution in [2.24, 2.45) is 5.73 Å². The van der Waals surface area contributed by atoms with Gasteiger partial charge in [0.05, 0.1) is 19.3 Å². The van der Waals surface area contributed by atoms with Gasteiger partial charge in [-0.2, -0.15) is 0 Å². The number of methoxy groups -OCH3 is 1. The maximum atomic E-state index is 11.9. The first-order chi connectivity index (χ1) is 9.99. The number of amides is 1. The second-order valence-corrected chi connectivity index (χ2v) is 5.30.